The molecule has 92 valence electrons. The Morgan fingerprint density at radius 3 is 2.27 bits per heavy atom. The Morgan fingerprint density at radius 1 is 1.27 bits per heavy atom. The van der Waals surface area contributed by atoms with Gasteiger partial charge in [0.1, 0.15) is 6.61 Å². The van der Waals surface area contributed by atoms with E-state index in [0.29, 0.717) is 31.9 Å². The predicted molar refractivity (Wildman–Crippen MR) is 64.0 cm³/mol. The topological polar surface area (TPSA) is 61.5 Å². The van der Waals surface area contributed by atoms with Gasteiger partial charge in [0.25, 0.3) is 0 Å². The standard InChI is InChI=1S/C9H17NO3.C2H6.H2/c1-8(2)9(11)7-13-6-5-12-4-3-10;1-2;/h1,3-7,10H2,2H3;1-2H3;1H. The van der Waals surface area contributed by atoms with Gasteiger partial charge in [0.15, 0.2) is 5.78 Å². The van der Waals surface area contributed by atoms with Crippen molar-refractivity contribution in [3.05, 3.63) is 12.2 Å². The molecule has 0 aromatic rings. The minimum absolute atomic E-state index is 0. The van der Waals surface area contributed by atoms with Crippen molar-refractivity contribution in [3.63, 3.8) is 0 Å². The molecule has 2 N–H and O–H groups in total. The Kier molecular flexibility index (Phi) is 14.8. The molecule has 0 atom stereocenters. The highest BCUT2D eigenvalue weighted by Crippen LogP contribution is 1.90. The molecule has 0 aromatic carbocycles. The van der Waals surface area contributed by atoms with Crippen LogP contribution in [0.5, 0.6) is 0 Å². The van der Waals surface area contributed by atoms with Crippen LogP contribution in [-0.2, 0) is 14.3 Å². The van der Waals surface area contributed by atoms with Crippen molar-refractivity contribution in [1.29, 1.82) is 0 Å². The minimum Gasteiger partial charge on any atom is -0.378 e. The highest BCUT2D eigenvalue weighted by Gasteiger charge is 2.00. The quantitative estimate of drug-likeness (QED) is 0.495. The van der Waals surface area contributed by atoms with Crippen LogP contribution in [0.3, 0.4) is 0 Å². The fourth-order valence-electron chi connectivity index (χ4n) is 0.591. The number of rotatable bonds is 8. The number of nitrogens with two attached hydrogens (primary N) is 1. The van der Waals surface area contributed by atoms with Gasteiger partial charge in [0, 0.05) is 7.97 Å². The van der Waals surface area contributed by atoms with Crippen molar-refractivity contribution in [3.8, 4) is 0 Å². The van der Waals surface area contributed by atoms with E-state index in [9.17, 15) is 4.79 Å². The SMILES string of the molecule is C=C(C)C(=O)COCCOCCN.CC.[HH]. The summed E-state index contributed by atoms with van der Waals surface area (Å²) < 4.78 is 10.1. The van der Waals surface area contributed by atoms with Gasteiger partial charge >= 0.3 is 0 Å². The maximum Gasteiger partial charge on any atom is 0.183 e. The lowest BCUT2D eigenvalue weighted by Gasteiger charge is -2.03. The first-order valence-electron chi connectivity index (χ1n) is 5.22. The first-order chi connectivity index (χ1) is 7.18. The largest absolute Gasteiger partial charge is 0.378 e. The molecule has 4 heteroatoms. The van der Waals surface area contributed by atoms with Gasteiger partial charge in [-0.25, -0.2) is 0 Å². The van der Waals surface area contributed by atoms with Crippen molar-refractivity contribution in [1.82, 2.24) is 0 Å². The number of carbonyl (C=O) groups excluding carboxylic acids is 1. The molecule has 0 aliphatic heterocycles. The van der Waals surface area contributed by atoms with E-state index in [0.717, 1.165) is 0 Å². The molecule has 0 fully saturated rings. The first-order valence-corrected chi connectivity index (χ1v) is 5.22. The second-order valence-electron chi connectivity index (χ2n) is 2.66. The van der Waals surface area contributed by atoms with Gasteiger partial charge in [0.2, 0.25) is 0 Å². The zero-order valence-electron chi connectivity index (χ0n) is 10.0. The zero-order chi connectivity index (χ0) is 12.1. The molecule has 0 saturated carbocycles. The van der Waals surface area contributed by atoms with E-state index in [-0.39, 0.29) is 13.8 Å². The van der Waals surface area contributed by atoms with Gasteiger partial charge in [-0.2, -0.15) is 0 Å². The molecule has 0 aliphatic rings. The van der Waals surface area contributed by atoms with E-state index in [1.54, 1.807) is 6.92 Å². The third-order valence-electron chi connectivity index (χ3n) is 1.34. The van der Waals surface area contributed by atoms with Gasteiger partial charge in [-0.3, -0.25) is 4.79 Å². The van der Waals surface area contributed by atoms with E-state index < -0.39 is 0 Å². The minimum atomic E-state index is -0.0705. The number of Topliss-reactive ketones (excluding diaryl/α,β-unsaturated/α-hetero) is 1. The molecule has 0 radical (unpaired) electrons. The second-order valence-corrected chi connectivity index (χ2v) is 2.66. The third-order valence-corrected chi connectivity index (χ3v) is 1.34. The van der Waals surface area contributed by atoms with Gasteiger partial charge < -0.3 is 15.2 Å². The first kappa shape index (κ1) is 16.7. The Bertz CT molecular complexity index is 175. The van der Waals surface area contributed by atoms with E-state index >= 15 is 0 Å². The number of ketones is 1. The van der Waals surface area contributed by atoms with E-state index in [1.165, 1.54) is 0 Å². The van der Waals surface area contributed by atoms with Crippen molar-refractivity contribution >= 4 is 5.78 Å². The summed E-state index contributed by atoms with van der Waals surface area (Å²) in [6.45, 7) is 11.2. The van der Waals surface area contributed by atoms with Crippen LogP contribution >= 0.6 is 0 Å². The molecule has 0 rings (SSSR count). The molecule has 0 aliphatic carbocycles. The molecule has 0 spiro atoms. The summed E-state index contributed by atoms with van der Waals surface area (Å²) >= 11 is 0. The highest BCUT2D eigenvalue weighted by atomic mass is 16.5. The van der Waals surface area contributed by atoms with Gasteiger partial charge in [0.05, 0.1) is 19.8 Å². The zero-order valence-corrected chi connectivity index (χ0v) is 10.0. The van der Waals surface area contributed by atoms with Crippen LogP contribution in [-0.4, -0.2) is 38.8 Å². The Hall–Kier alpha value is -0.710. The molecular formula is C11H25NO3. The van der Waals surface area contributed by atoms with Crippen LogP contribution in [0, 0.1) is 0 Å². The fraction of sp³-hybridized carbons (Fsp3) is 0.727. The monoisotopic (exact) mass is 219 g/mol. The summed E-state index contributed by atoms with van der Waals surface area (Å²) in [6.07, 6.45) is 0. The van der Waals surface area contributed by atoms with Crippen LogP contribution in [0.25, 0.3) is 0 Å². The van der Waals surface area contributed by atoms with Gasteiger partial charge in [-0.1, -0.05) is 20.4 Å². The molecule has 0 amide bonds. The van der Waals surface area contributed by atoms with Crippen molar-refractivity contribution in [2.24, 2.45) is 5.73 Å². The van der Waals surface area contributed by atoms with Crippen LogP contribution in [0.15, 0.2) is 12.2 Å². The van der Waals surface area contributed by atoms with Crippen molar-refractivity contribution in [2.45, 2.75) is 20.8 Å². The van der Waals surface area contributed by atoms with E-state index in [4.69, 9.17) is 15.2 Å². The second kappa shape index (κ2) is 13.3. The summed E-state index contributed by atoms with van der Waals surface area (Å²) in [5.41, 5.74) is 5.72. The lowest BCUT2D eigenvalue weighted by Crippen LogP contribution is -2.15. The van der Waals surface area contributed by atoms with Gasteiger partial charge in [-0.05, 0) is 12.5 Å². The average molecular weight is 219 g/mol. The van der Waals surface area contributed by atoms with Crippen LogP contribution in [0.2, 0.25) is 0 Å². The van der Waals surface area contributed by atoms with Crippen molar-refractivity contribution < 1.29 is 15.7 Å². The third kappa shape index (κ3) is 13.3. The highest BCUT2D eigenvalue weighted by molar-refractivity contribution is 5.95. The maximum atomic E-state index is 10.9. The Balaban J connectivity index is -0.000000529. The average Bonchev–Trinajstić information content (AvgIpc) is 2.25. The maximum absolute atomic E-state index is 10.9. The summed E-state index contributed by atoms with van der Waals surface area (Å²) in [4.78, 5) is 10.9. The fourth-order valence-corrected chi connectivity index (χ4v) is 0.591. The van der Waals surface area contributed by atoms with Gasteiger partial charge in [-0.15, -0.1) is 0 Å². The Labute approximate surface area is 93.9 Å². The number of hydrogen-bond acceptors (Lipinski definition) is 4. The molecular weight excluding hydrogens is 194 g/mol. The molecule has 0 heterocycles. The number of carbonyl (C=O) groups is 1. The summed E-state index contributed by atoms with van der Waals surface area (Å²) in [5, 5.41) is 0. The number of hydrogen-bond donors (Lipinski definition) is 1. The van der Waals surface area contributed by atoms with Crippen LogP contribution in [0.4, 0.5) is 0 Å². The smallest absolute Gasteiger partial charge is 0.183 e. The predicted octanol–water partition coefficient (Wildman–Crippen LogP) is 1.40. The molecule has 0 unspecified atom stereocenters. The summed E-state index contributed by atoms with van der Waals surface area (Å²) in [6, 6.07) is 0. The van der Waals surface area contributed by atoms with Crippen LogP contribution < -0.4 is 5.73 Å². The number of ether oxygens (including phenoxy) is 2. The van der Waals surface area contributed by atoms with E-state index in [1.807, 2.05) is 13.8 Å². The molecule has 15 heavy (non-hydrogen) atoms. The summed E-state index contributed by atoms with van der Waals surface area (Å²) in [5.74, 6) is -0.0705. The lowest BCUT2D eigenvalue weighted by molar-refractivity contribution is -0.120. The molecule has 0 saturated heterocycles. The van der Waals surface area contributed by atoms with E-state index in [2.05, 4.69) is 6.58 Å². The van der Waals surface area contributed by atoms with Crippen LogP contribution in [0.1, 0.15) is 22.2 Å². The Morgan fingerprint density at radius 2 is 1.80 bits per heavy atom. The lowest BCUT2D eigenvalue weighted by atomic mass is 10.2. The van der Waals surface area contributed by atoms with Crippen molar-refractivity contribution in [2.75, 3.05) is 33.0 Å². The molecule has 0 bridgehead atoms. The molecule has 4 nitrogen and oxygen atoms in total. The normalized spacial score (nSPS) is 9.07. The molecule has 0 aromatic heterocycles. The summed E-state index contributed by atoms with van der Waals surface area (Å²) in [7, 11) is 0.